The van der Waals surface area contributed by atoms with Crippen LogP contribution in [0.5, 0.6) is 5.75 Å². The SMILES string of the molecule is COc1ccccc1Nc1nnc(SC(C)C(=O)c2ccc(F)cc2F)s1. The lowest BCUT2D eigenvalue weighted by atomic mass is 10.1. The number of anilines is 2. The van der Waals surface area contributed by atoms with Crippen molar-refractivity contribution in [3.05, 3.63) is 59.7 Å². The minimum atomic E-state index is -0.872. The first kappa shape index (κ1) is 19.2. The van der Waals surface area contributed by atoms with Crippen LogP contribution in [0.25, 0.3) is 0 Å². The normalized spacial score (nSPS) is 11.9. The van der Waals surface area contributed by atoms with Crippen molar-refractivity contribution in [3.8, 4) is 5.75 Å². The number of ether oxygens (including phenoxy) is 1. The molecule has 0 bridgehead atoms. The molecule has 0 aliphatic rings. The third kappa shape index (κ3) is 4.61. The second kappa shape index (κ2) is 8.45. The summed E-state index contributed by atoms with van der Waals surface area (Å²) in [6, 6.07) is 10.3. The molecule has 1 aromatic heterocycles. The number of Topliss-reactive ketones (excluding diaryl/α,β-unsaturated/α-hetero) is 1. The van der Waals surface area contributed by atoms with Crippen LogP contribution in [-0.4, -0.2) is 28.3 Å². The molecule has 0 aliphatic carbocycles. The van der Waals surface area contributed by atoms with Gasteiger partial charge in [0.1, 0.15) is 17.4 Å². The average molecular weight is 407 g/mol. The van der Waals surface area contributed by atoms with Gasteiger partial charge in [0.05, 0.1) is 23.6 Å². The fourth-order valence-corrected chi connectivity index (χ4v) is 4.26. The molecule has 3 aromatic rings. The average Bonchev–Trinajstić information content (AvgIpc) is 3.08. The summed E-state index contributed by atoms with van der Waals surface area (Å²) in [6.45, 7) is 1.64. The largest absolute Gasteiger partial charge is 0.495 e. The van der Waals surface area contributed by atoms with Crippen LogP contribution in [0.15, 0.2) is 46.8 Å². The van der Waals surface area contributed by atoms with Gasteiger partial charge in [0.15, 0.2) is 10.1 Å². The van der Waals surface area contributed by atoms with Gasteiger partial charge in [-0.1, -0.05) is 35.2 Å². The lowest BCUT2D eigenvalue weighted by Gasteiger charge is -2.09. The fourth-order valence-electron chi connectivity index (χ4n) is 2.28. The predicted octanol–water partition coefficient (Wildman–Crippen LogP) is 4.93. The lowest BCUT2D eigenvalue weighted by molar-refractivity contribution is 0.0990. The molecule has 0 spiro atoms. The zero-order chi connectivity index (χ0) is 19.4. The van der Waals surface area contributed by atoms with E-state index in [4.69, 9.17) is 4.74 Å². The Hall–Kier alpha value is -2.52. The molecule has 5 nitrogen and oxygen atoms in total. The van der Waals surface area contributed by atoms with E-state index in [0.717, 1.165) is 29.6 Å². The molecule has 0 amide bonds. The first-order valence-corrected chi connectivity index (χ1v) is 9.57. The van der Waals surface area contributed by atoms with Gasteiger partial charge in [-0.2, -0.15) is 0 Å². The Balaban J connectivity index is 1.69. The standard InChI is InChI=1S/C18H15F2N3O2S2/c1-10(16(24)12-8-7-11(19)9-13(12)20)26-18-23-22-17(27-18)21-14-5-3-4-6-15(14)25-2/h3-10H,1-2H3,(H,21,22). The third-order valence-electron chi connectivity index (χ3n) is 3.60. The van der Waals surface area contributed by atoms with Crippen molar-refractivity contribution in [1.82, 2.24) is 10.2 Å². The molecule has 0 radical (unpaired) electrons. The molecule has 1 N–H and O–H groups in total. The Morgan fingerprint density at radius 2 is 2.00 bits per heavy atom. The van der Waals surface area contributed by atoms with E-state index >= 15 is 0 Å². The number of para-hydroxylation sites is 2. The summed E-state index contributed by atoms with van der Waals surface area (Å²) in [5, 5.41) is 11.1. The molecule has 2 aromatic carbocycles. The number of thioether (sulfide) groups is 1. The van der Waals surface area contributed by atoms with E-state index in [1.807, 2.05) is 24.3 Å². The number of aromatic nitrogens is 2. The molecule has 1 atom stereocenters. The molecule has 0 saturated carbocycles. The van der Waals surface area contributed by atoms with E-state index in [2.05, 4.69) is 15.5 Å². The summed E-state index contributed by atoms with van der Waals surface area (Å²) in [4.78, 5) is 12.4. The summed E-state index contributed by atoms with van der Waals surface area (Å²) in [5.74, 6) is -1.37. The molecular formula is C18H15F2N3O2S2. The van der Waals surface area contributed by atoms with Gasteiger partial charge in [-0.05, 0) is 31.2 Å². The van der Waals surface area contributed by atoms with Gasteiger partial charge in [0.25, 0.3) is 0 Å². The van der Waals surface area contributed by atoms with E-state index < -0.39 is 22.7 Å². The summed E-state index contributed by atoms with van der Waals surface area (Å²) >= 11 is 2.43. The topological polar surface area (TPSA) is 64.1 Å². The number of nitrogens with one attached hydrogen (secondary N) is 1. The van der Waals surface area contributed by atoms with Crippen LogP contribution in [0.3, 0.4) is 0 Å². The number of methoxy groups -OCH3 is 1. The van der Waals surface area contributed by atoms with Crippen molar-refractivity contribution in [2.24, 2.45) is 0 Å². The number of hydrogen-bond acceptors (Lipinski definition) is 7. The van der Waals surface area contributed by atoms with Gasteiger partial charge in [-0.15, -0.1) is 10.2 Å². The number of ketones is 1. The van der Waals surface area contributed by atoms with E-state index in [1.54, 1.807) is 14.0 Å². The molecule has 0 fully saturated rings. The van der Waals surface area contributed by atoms with E-state index in [9.17, 15) is 13.6 Å². The van der Waals surface area contributed by atoms with E-state index in [0.29, 0.717) is 21.3 Å². The summed E-state index contributed by atoms with van der Waals surface area (Å²) in [7, 11) is 1.57. The first-order valence-electron chi connectivity index (χ1n) is 7.87. The number of nitrogens with zero attached hydrogens (tertiary/aromatic N) is 2. The highest BCUT2D eigenvalue weighted by molar-refractivity contribution is 8.02. The van der Waals surface area contributed by atoms with Crippen LogP contribution in [0, 0.1) is 11.6 Å². The van der Waals surface area contributed by atoms with Crippen molar-refractivity contribution in [2.75, 3.05) is 12.4 Å². The number of halogens is 2. The molecule has 9 heteroatoms. The molecule has 0 aliphatic heterocycles. The Bertz CT molecular complexity index is 965. The van der Waals surface area contributed by atoms with E-state index in [1.165, 1.54) is 11.3 Å². The predicted molar refractivity (Wildman–Crippen MR) is 102 cm³/mol. The molecular weight excluding hydrogens is 392 g/mol. The molecule has 1 unspecified atom stereocenters. The zero-order valence-corrected chi connectivity index (χ0v) is 16.0. The third-order valence-corrected chi connectivity index (χ3v) is 5.62. The molecule has 1 heterocycles. The van der Waals surface area contributed by atoms with Gasteiger partial charge in [-0.25, -0.2) is 8.78 Å². The molecule has 3 rings (SSSR count). The van der Waals surface area contributed by atoms with Crippen LogP contribution in [0.2, 0.25) is 0 Å². The highest BCUT2D eigenvalue weighted by atomic mass is 32.2. The van der Waals surface area contributed by atoms with Gasteiger partial charge < -0.3 is 10.1 Å². The summed E-state index contributed by atoms with van der Waals surface area (Å²) in [6.07, 6.45) is 0. The van der Waals surface area contributed by atoms with Crippen LogP contribution in [0.1, 0.15) is 17.3 Å². The fraction of sp³-hybridized carbons (Fsp3) is 0.167. The Morgan fingerprint density at radius 3 is 2.74 bits per heavy atom. The smallest absolute Gasteiger partial charge is 0.210 e. The number of carbonyl (C=O) groups is 1. The monoisotopic (exact) mass is 407 g/mol. The minimum absolute atomic E-state index is 0.145. The number of carbonyl (C=O) groups excluding carboxylic acids is 1. The highest BCUT2D eigenvalue weighted by Crippen LogP contribution is 2.33. The van der Waals surface area contributed by atoms with Crippen LogP contribution >= 0.6 is 23.1 Å². The van der Waals surface area contributed by atoms with Gasteiger partial charge >= 0.3 is 0 Å². The summed E-state index contributed by atoms with van der Waals surface area (Å²) in [5.41, 5.74) is 0.596. The molecule has 27 heavy (non-hydrogen) atoms. The Morgan fingerprint density at radius 1 is 1.22 bits per heavy atom. The number of benzene rings is 2. The van der Waals surface area contributed by atoms with Crippen molar-refractivity contribution in [2.45, 2.75) is 16.5 Å². The number of rotatable bonds is 7. The Kier molecular flexibility index (Phi) is 6.02. The summed E-state index contributed by atoms with van der Waals surface area (Å²) < 4.78 is 32.6. The van der Waals surface area contributed by atoms with Crippen molar-refractivity contribution in [3.63, 3.8) is 0 Å². The van der Waals surface area contributed by atoms with Crippen LogP contribution in [-0.2, 0) is 0 Å². The van der Waals surface area contributed by atoms with Crippen LogP contribution in [0.4, 0.5) is 19.6 Å². The maximum absolute atomic E-state index is 13.8. The lowest BCUT2D eigenvalue weighted by Crippen LogP contribution is -2.15. The van der Waals surface area contributed by atoms with Gasteiger partial charge in [0.2, 0.25) is 5.13 Å². The maximum Gasteiger partial charge on any atom is 0.210 e. The molecule has 140 valence electrons. The second-order valence-electron chi connectivity index (χ2n) is 5.45. The van der Waals surface area contributed by atoms with Gasteiger partial charge in [0, 0.05) is 6.07 Å². The van der Waals surface area contributed by atoms with Crippen LogP contribution < -0.4 is 10.1 Å². The van der Waals surface area contributed by atoms with Crippen molar-refractivity contribution >= 4 is 39.7 Å². The number of hydrogen-bond donors (Lipinski definition) is 1. The minimum Gasteiger partial charge on any atom is -0.495 e. The quantitative estimate of drug-likeness (QED) is 0.442. The second-order valence-corrected chi connectivity index (χ2v) is 8.01. The first-order chi connectivity index (χ1) is 13.0. The molecule has 0 saturated heterocycles. The van der Waals surface area contributed by atoms with Crippen molar-refractivity contribution in [1.29, 1.82) is 0 Å². The van der Waals surface area contributed by atoms with Crippen molar-refractivity contribution < 1.29 is 18.3 Å². The zero-order valence-electron chi connectivity index (χ0n) is 14.4. The Labute approximate surface area is 162 Å². The van der Waals surface area contributed by atoms with Gasteiger partial charge in [-0.3, -0.25) is 4.79 Å². The maximum atomic E-state index is 13.8. The van der Waals surface area contributed by atoms with E-state index in [-0.39, 0.29) is 5.56 Å². The highest BCUT2D eigenvalue weighted by Gasteiger charge is 2.22.